The third-order valence-electron chi connectivity index (χ3n) is 3.85. The van der Waals surface area contributed by atoms with E-state index in [1.165, 1.54) is 10.8 Å². The van der Waals surface area contributed by atoms with Gasteiger partial charge in [-0.05, 0) is 24.3 Å². The SMILES string of the molecule is Cn1c(=O)oc2cnc(NCc3cc4cc(Cl)ccc4[nH]c3=O)nc21. The summed E-state index contributed by atoms with van der Waals surface area (Å²) in [5, 5.41) is 4.40. The number of benzene rings is 1. The maximum absolute atomic E-state index is 12.2. The Morgan fingerprint density at radius 2 is 2.16 bits per heavy atom. The lowest BCUT2D eigenvalue weighted by molar-refractivity contribution is 0.527. The highest BCUT2D eigenvalue weighted by Gasteiger charge is 2.10. The van der Waals surface area contributed by atoms with Crippen molar-refractivity contribution >= 4 is 39.7 Å². The van der Waals surface area contributed by atoms with E-state index < -0.39 is 5.76 Å². The zero-order chi connectivity index (χ0) is 17.6. The molecule has 3 aromatic heterocycles. The van der Waals surface area contributed by atoms with Crippen LogP contribution in [0.4, 0.5) is 5.95 Å². The van der Waals surface area contributed by atoms with E-state index in [9.17, 15) is 9.59 Å². The number of anilines is 1. The van der Waals surface area contributed by atoms with Crippen LogP contribution in [0.15, 0.2) is 44.5 Å². The molecule has 0 saturated heterocycles. The standard InChI is InChI=1S/C16H12ClN5O3/c1-22-13-12(25-16(22)24)7-19-15(21-13)18-6-9-4-8-5-10(17)2-3-11(8)20-14(9)23/h2-5,7H,6H2,1H3,(H,20,23)(H,18,19,21). The Kier molecular flexibility index (Phi) is 3.54. The first-order chi connectivity index (χ1) is 12.0. The van der Waals surface area contributed by atoms with Crippen LogP contribution < -0.4 is 16.6 Å². The number of fused-ring (bicyclic) bond motifs is 2. The molecular weight excluding hydrogens is 346 g/mol. The van der Waals surface area contributed by atoms with Gasteiger partial charge in [-0.1, -0.05) is 11.6 Å². The van der Waals surface area contributed by atoms with E-state index in [1.807, 2.05) is 0 Å². The van der Waals surface area contributed by atoms with Crippen LogP contribution >= 0.6 is 11.6 Å². The molecule has 0 aliphatic heterocycles. The van der Waals surface area contributed by atoms with Crippen LogP contribution in [0.3, 0.4) is 0 Å². The molecule has 0 aliphatic carbocycles. The van der Waals surface area contributed by atoms with Gasteiger partial charge in [-0.2, -0.15) is 4.98 Å². The molecule has 0 aliphatic rings. The number of pyridine rings is 1. The van der Waals surface area contributed by atoms with Gasteiger partial charge >= 0.3 is 5.76 Å². The number of nitrogens with one attached hydrogen (secondary N) is 2. The topological polar surface area (TPSA) is 106 Å². The van der Waals surface area contributed by atoms with Gasteiger partial charge in [-0.25, -0.2) is 9.78 Å². The van der Waals surface area contributed by atoms with Crippen LogP contribution in [-0.2, 0) is 13.6 Å². The molecule has 126 valence electrons. The summed E-state index contributed by atoms with van der Waals surface area (Å²) < 4.78 is 6.27. The Bertz CT molecular complexity index is 1220. The van der Waals surface area contributed by atoms with Gasteiger partial charge in [0.25, 0.3) is 5.56 Å². The summed E-state index contributed by atoms with van der Waals surface area (Å²) >= 11 is 5.99. The number of aromatic nitrogens is 4. The number of hydrogen-bond donors (Lipinski definition) is 2. The predicted octanol–water partition coefficient (Wildman–Crippen LogP) is 2.03. The highest BCUT2D eigenvalue weighted by Crippen LogP contribution is 2.17. The molecule has 8 nitrogen and oxygen atoms in total. The summed E-state index contributed by atoms with van der Waals surface area (Å²) in [7, 11) is 1.56. The van der Waals surface area contributed by atoms with Crippen molar-refractivity contribution in [3.8, 4) is 0 Å². The third-order valence-corrected chi connectivity index (χ3v) is 4.08. The number of oxazole rings is 1. The summed E-state index contributed by atoms with van der Waals surface area (Å²) in [6, 6.07) is 7.02. The summed E-state index contributed by atoms with van der Waals surface area (Å²) in [5.74, 6) is -0.223. The Hall–Kier alpha value is -3.13. The van der Waals surface area contributed by atoms with Crippen molar-refractivity contribution in [2.24, 2.45) is 7.05 Å². The van der Waals surface area contributed by atoms with Gasteiger partial charge in [0.15, 0.2) is 11.2 Å². The van der Waals surface area contributed by atoms with Crippen LogP contribution in [0.5, 0.6) is 0 Å². The molecule has 0 spiro atoms. The number of hydrogen-bond acceptors (Lipinski definition) is 6. The molecule has 4 rings (SSSR count). The number of rotatable bonds is 3. The normalized spacial score (nSPS) is 11.3. The van der Waals surface area contributed by atoms with Crippen LogP contribution in [0.25, 0.3) is 22.1 Å². The molecule has 0 fully saturated rings. The average Bonchev–Trinajstić information content (AvgIpc) is 2.87. The second-order valence-corrected chi connectivity index (χ2v) is 5.95. The van der Waals surface area contributed by atoms with Gasteiger partial charge in [-0.3, -0.25) is 9.36 Å². The van der Waals surface area contributed by atoms with Gasteiger partial charge in [-0.15, -0.1) is 0 Å². The summed E-state index contributed by atoms with van der Waals surface area (Å²) in [6.45, 7) is 0.217. The molecule has 3 heterocycles. The molecule has 0 atom stereocenters. The van der Waals surface area contributed by atoms with E-state index in [4.69, 9.17) is 16.0 Å². The summed E-state index contributed by atoms with van der Waals surface area (Å²) in [5.41, 5.74) is 1.70. The predicted molar refractivity (Wildman–Crippen MR) is 94.0 cm³/mol. The molecular formula is C16H12ClN5O3. The smallest absolute Gasteiger partial charge is 0.404 e. The first-order valence-corrected chi connectivity index (χ1v) is 7.77. The molecule has 25 heavy (non-hydrogen) atoms. The zero-order valence-corrected chi connectivity index (χ0v) is 13.8. The molecule has 2 N–H and O–H groups in total. The molecule has 0 saturated carbocycles. The molecule has 1 aromatic carbocycles. The average molecular weight is 358 g/mol. The Labute approximate surface area is 145 Å². The van der Waals surface area contributed by atoms with Crippen LogP contribution in [-0.4, -0.2) is 19.5 Å². The lowest BCUT2D eigenvalue weighted by atomic mass is 10.1. The van der Waals surface area contributed by atoms with Crippen LogP contribution in [0, 0.1) is 0 Å². The number of aromatic amines is 1. The first kappa shape index (κ1) is 15.4. The van der Waals surface area contributed by atoms with E-state index >= 15 is 0 Å². The second-order valence-electron chi connectivity index (χ2n) is 5.52. The van der Waals surface area contributed by atoms with Gasteiger partial charge in [0, 0.05) is 35.1 Å². The number of halogens is 1. The number of H-pyrrole nitrogens is 1. The highest BCUT2D eigenvalue weighted by atomic mass is 35.5. The van der Waals surface area contributed by atoms with E-state index in [0.717, 1.165) is 5.39 Å². The van der Waals surface area contributed by atoms with Gasteiger partial charge in [0.05, 0.1) is 6.20 Å². The molecule has 9 heteroatoms. The number of nitrogens with zero attached hydrogens (tertiary/aromatic N) is 3. The summed E-state index contributed by atoms with van der Waals surface area (Å²) in [4.78, 5) is 34.8. The van der Waals surface area contributed by atoms with Crippen molar-refractivity contribution < 1.29 is 4.42 Å². The fourth-order valence-corrected chi connectivity index (χ4v) is 2.72. The van der Waals surface area contributed by atoms with Crippen molar-refractivity contribution in [1.82, 2.24) is 19.5 Å². The molecule has 0 amide bonds. The van der Waals surface area contributed by atoms with Crippen molar-refractivity contribution in [3.05, 3.63) is 62.0 Å². The lowest BCUT2D eigenvalue weighted by Crippen LogP contribution is -2.16. The van der Waals surface area contributed by atoms with E-state index in [2.05, 4.69) is 20.3 Å². The second kappa shape index (κ2) is 5.75. The van der Waals surface area contributed by atoms with Crippen molar-refractivity contribution in [3.63, 3.8) is 0 Å². The fraction of sp³-hybridized carbons (Fsp3) is 0.125. The van der Waals surface area contributed by atoms with Crippen LogP contribution in [0.2, 0.25) is 5.02 Å². The van der Waals surface area contributed by atoms with E-state index in [1.54, 1.807) is 31.3 Å². The van der Waals surface area contributed by atoms with Gasteiger partial charge in [0.2, 0.25) is 5.95 Å². The Balaban J connectivity index is 1.65. The monoisotopic (exact) mass is 357 g/mol. The molecule has 0 unspecified atom stereocenters. The largest absolute Gasteiger partial charge is 0.420 e. The maximum Gasteiger partial charge on any atom is 0.420 e. The highest BCUT2D eigenvalue weighted by molar-refractivity contribution is 6.31. The lowest BCUT2D eigenvalue weighted by Gasteiger charge is -2.06. The fourth-order valence-electron chi connectivity index (χ4n) is 2.54. The molecule has 0 bridgehead atoms. The van der Waals surface area contributed by atoms with E-state index in [-0.39, 0.29) is 18.1 Å². The van der Waals surface area contributed by atoms with Crippen molar-refractivity contribution in [2.75, 3.05) is 5.32 Å². The summed E-state index contributed by atoms with van der Waals surface area (Å²) in [6.07, 6.45) is 1.41. The van der Waals surface area contributed by atoms with Crippen molar-refractivity contribution in [1.29, 1.82) is 0 Å². The Morgan fingerprint density at radius 3 is 3.00 bits per heavy atom. The van der Waals surface area contributed by atoms with Gasteiger partial charge < -0.3 is 14.7 Å². The minimum absolute atomic E-state index is 0.209. The van der Waals surface area contributed by atoms with Gasteiger partial charge in [0.1, 0.15) is 0 Å². The van der Waals surface area contributed by atoms with Crippen LogP contribution in [0.1, 0.15) is 5.56 Å². The van der Waals surface area contributed by atoms with Crippen molar-refractivity contribution in [2.45, 2.75) is 6.54 Å². The van der Waals surface area contributed by atoms with E-state index in [0.29, 0.717) is 27.3 Å². The molecule has 0 radical (unpaired) electrons. The quantitative estimate of drug-likeness (QED) is 0.581. The molecule has 4 aromatic rings. The minimum Gasteiger partial charge on any atom is -0.404 e. The zero-order valence-electron chi connectivity index (χ0n) is 13.0. The minimum atomic E-state index is -0.510. The third kappa shape index (κ3) is 2.76. The maximum atomic E-state index is 12.2. The first-order valence-electron chi connectivity index (χ1n) is 7.39. The Morgan fingerprint density at radius 1 is 1.32 bits per heavy atom. The number of aryl methyl sites for hydroxylation is 1.